The minimum absolute atomic E-state index is 0.00718. The summed E-state index contributed by atoms with van der Waals surface area (Å²) >= 11 is 1.40. The van der Waals surface area contributed by atoms with E-state index in [0.29, 0.717) is 67.3 Å². The number of sulfonamides is 1. The first-order chi connectivity index (χ1) is 27.5. The predicted octanol–water partition coefficient (Wildman–Crippen LogP) is 3.11. The molecule has 2 aromatic heterocycles. The molecule has 1 unspecified atom stereocenters. The van der Waals surface area contributed by atoms with Crippen LogP contribution in [0.15, 0.2) is 48.0 Å². The Morgan fingerprint density at radius 2 is 1.86 bits per heavy atom. The minimum atomic E-state index is -3.91. The molecule has 57 heavy (non-hydrogen) atoms. The molecule has 5 aliphatic rings. The summed E-state index contributed by atoms with van der Waals surface area (Å²) in [6, 6.07) is 4.61. The smallest absolute Gasteiger partial charge is 0.408 e. The Kier molecular flexibility index (Phi) is 11.1. The summed E-state index contributed by atoms with van der Waals surface area (Å²) in [6.07, 6.45) is 9.21. The van der Waals surface area contributed by atoms with E-state index >= 15 is 0 Å². The molecule has 19 heteroatoms. The van der Waals surface area contributed by atoms with E-state index in [-0.39, 0.29) is 26.0 Å². The molecule has 4 amide bonds. The van der Waals surface area contributed by atoms with Crippen LogP contribution in [0.5, 0.6) is 5.75 Å². The number of nitrogens with one attached hydrogen (secondary N) is 3. The van der Waals surface area contributed by atoms with Gasteiger partial charge in [-0.15, -0.1) is 16.4 Å². The predicted molar refractivity (Wildman–Crippen MR) is 206 cm³/mol. The van der Waals surface area contributed by atoms with Gasteiger partial charge in [-0.25, -0.2) is 18.2 Å². The molecule has 3 aromatic rings. The molecule has 1 aromatic carbocycles. The number of hydrogen-bond acceptors (Lipinski definition) is 13. The number of rotatable bonds is 9. The van der Waals surface area contributed by atoms with Gasteiger partial charge in [0.2, 0.25) is 21.8 Å². The van der Waals surface area contributed by atoms with Crippen molar-refractivity contribution in [2.75, 3.05) is 26.9 Å². The molecular formula is C38H46N8O9S2. The maximum Gasteiger partial charge on any atom is 0.408 e. The number of allylic oxidation sites excluding steroid dienone is 1. The SMILES string of the molecule is COc1ccc(-c2nn([C@@H]3C[C@H]4C(=O)N[C@]5(C(=O)NS(=O)(=O)C6CC6)C[C@H]5/C=C/CCCCC[C@@H](NC(=O)OC5CCOC5)C(=O)N4C3)nc2-c2nccs2)cc1. The number of ether oxygens (including phenoxy) is 3. The molecule has 2 saturated carbocycles. The standard InChI is InChI=1S/C38H46N8O9S2/c1-53-26-11-9-23(10-12-26)31-32(34-39-16-18-56-34)43-46(42-31)25-19-30-33(47)41-38(36(49)44-57(51,52)28-13-14-28)20-24(38)7-5-3-2-4-6-8-29(35(48)45(30)21-25)40-37(50)55-27-15-17-54-22-27/h5,7,9-12,16,18,24-25,27-30H,2-4,6,8,13-15,17,19-22H2,1H3,(H,40,50)(H,41,47)(H,44,49)/b7-5+/t24-,25-,27?,29-,30+,38-/m1/s1. The van der Waals surface area contributed by atoms with Gasteiger partial charge in [0, 0.05) is 42.4 Å². The van der Waals surface area contributed by atoms with Crippen LogP contribution >= 0.6 is 11.3 Å². The summed E-state index contributed by atoms with van der Waals surface area (Å²) in [4.78, 5) is 63.6. The molecule has 2 aliphatic carbocycles. The third kappa shape index (κ3) is 8.41. The Morgan fingerprint density at radius 3 is 2.58 bits per heavy atom. The van der Waals surface area contributed by atoms with E-state index in [0.717, 1.165) is 18.4 Å². The first-order valence-electron chi connectivity index (χ1n) is 19.5. The van der Waals surface area contributed by atoms with Crippen molar-refractivity contribution < 1.29 is 41.8 Å². The summed E-state index contributed by atoms with van der Waals surface area (Å²) in [6.45, 7) is 0.749. The van der Waals surface area contributed by atoms with Gasteiger partial charge in [0.15, 0.2) is 0 Å². The molecule has 17 nitrogen and oxygen atoms in total. The van der Waals surface area contributed by atoms with Crippen molar-refractivity contribution in [1.82, 2.24) is 40.2 Å². The topological polar surface area (TPSA) is 213 Å². The van der Waals surface area contributed by atoms with Crippen molar-refractivity contribution in [2.24, 2.45) is 5.92 Å². The summed E-state index contributed by atoms with van der Waals surface area (Å²) in [5, 5.41) is 17.3. The number of aromatic nitrogens is 4. The van der Waals surface area contributed by atoms with Crippen molar-refractivity contribution in [2.45, 2.75) is 99.2 Å². The van der Waals surface area contributed by atoms with Gasteiger partial charge < -0.3 is 29.7 Å². The van der Waals surface area contributed by atoms with Crippen molar-refractivity contribution in [3.63, 3.8) is 0 Å². The highest BCUT2D eigenvalue weighted by molar-refractivity contribution is 7.91. The molecule has 6 atom stereocenters. The fourth-order valence-corrected chi connectivity index (χ4v) is 9.78. The van der Waals surface area contributed by atoms with Crippen LogP contribution in [0.4, 0.5) is 4.79 Å². The van der Waals surface area contributed by atoms with Gasteiger partial charge in [0.1, 0.15) is 45.9 Å². The van der Waals surface area contributed by atoms with Gasteiger partial charge in [-0.3, -0.25) is 19.1 Å². The lowest BCUT2D eigenvalue weighted by molar-refractivity contribution is -0.141. The van der Waals surface area contributed by atoms with E-state index in [1.807, 2.05) is 41.8 Å². The van der Waals surface area contributed by atoms with Crippen molar-refractivity contribution in [1.29, 1.82) is 0 Å². The number of fused-ring (bicyclic) bond motifs is 2. The molecule has 0 spiro atoms. The van der Waals surface area contributed by atoms with E-state index in [1.165, 1.54) is 21.0 Å². The quantitative estimate of drug-likeness (QED) is 0.266. The van der Waals surface area contributed by atoms with E-state index < -0.39 is 74.8 Å². The highest BCUT2D eigenvalue weighted by atomic mass is 32.2. The summed E-state index contributed by atoms with van der Waals surface area (Å²) in [5.41, 5.74) is 0.308. The lowest BCUT2D eigenvalue weighted by Gasteiger charge is -2.30. The van der Waals surface area contributed by atoms with E-state index in [9.17, 15) is 27.6 Å². The van der Waals surface area contributed by atoms with Crippen LogP contribution in [0.2, 0.25) is 0 Å². The van der Waals surface area contributed by atoms with Crippen LogP contribution < -0.4 is 20.1 Å². The molecule has 4 fully saturated rings. The summed E-state index contributed by atoms with van der Waals surface area (Å²) < 4.78 is 44.3. The summed E-state index contributed by atoms with van der Waals surface area (Å²) in [7, 11) is -2.32. The third-order valence-corrected chi connectivity index (χ3v) is 13.9. The highest BCUT2D eigenvalue weighted by Gasteiger charge is 2.62. The number of benzene rings is 1. The van der Waals surface area contributed by atoms with Gasteiger partial charge >= 0.3 is 6.09 Å². The van der Waals surface area contributed by atoms with E-state index in [1.54, 1.807) is 13.3 Å². The number of carbonyl (C=O) groups excluding carboxylic acids is 4. The summed E-state index contributed by atoms with van der Waals surface area (Å²) in [5.74, 6) is -1.68. The molecule has 2 saturated heterocycles. The number of hydrogen-bond donors (Lipinski definition) is 3. The maximum atomic E-state index is 14.7. The molecule has 0 bridgehead atoms. The maximum absolute atomic E-state index is 14.7. The lowest BCUT2D eigenvalue weighted by Crippen LogP contribution is -2.58. The van der Waals surface area contributed by atoms with Crippen LogP contribution in [-0.4, -0.2) is 113 Å². The lowest BCUT2D eigenvalue weighted by atomic mass is 10.0. The Hall–Kier alpha value is -4.88. The first kappa shape index (κ1) is 39.0. The van der Waals surface area contributed by atoms with Gasteiger partial charge in [-0.2, -0.15) is 9.90 Å². The van der Waals surface area contributed by atoms with Crippen LogP contribution in [0.25, 0.3) is 22.0 Å². The number of methoxy groups -OCH3 is 1. The molecule has 5 heterocycles. The minimum Gasteiger partial charge on any atom is -0.497 e. The Labute approximate surface area is 333 Å². The number of thiazole rings is 1. The molecule has 8 rings (SSSR count). The normalized spacial score (nSPS) is 28.6. The van der Waals surface area contributed by atoms with Crippen LogP contribution in [-0.2, 0) is 33.9 Å². The first-order valence-corrected chi connectivity index (χ1v) is 21.9. The van der Waals surface area contributed by atoms with Crippen molar-refractivity contribution in [3.05, 3.63) is 48.0 Å². The van der Waals surface area contributed by atoms with Gasteiger partial charge in [0.25, 0.3) is 5.91 Å². The molecule has 3 N–H and O–H groups in total. The highest BCUT2D eigenvalue weighted by Crippen LogP contribution is 2.46. The van der Waals surface area contributed by atoms with Crippen LogP contribution in [0.3, 0.4) is 0 Å². The molecule has 3 aliphatic heterocycles. The number of alkyl carbamates (subject to hydrolysis) is 1. The number of carbonyl (C=O) groups is 4. The van der Waals surface area contributed by atoms with Crippen LogP contribution in [0.1, 0.15) is 70.3 Å². The van der Waals surface area contributed by atoms with Crippen LogP contribution in [0, 0.1) is 5.92 Å². The largest absolute Gasteiger partial charge is 0.497 e. The van der Waals surface area contributed by atoms with E-state index in [4.69, 9.17) is 24.4 Å². The van der Waals surface area contributed by atoms with E-state index in [2.05, 4.69) is 20.3 Å². The average Bonchev–Trinajstić information content (AvgIpc) is 3.76. The zero-order valence-corrected chi connectivity index (χ0v) is 33.1. The van der Waals surface area contributed by atoms with Gasteiger partial charge in [-0.1, -0.05) is 25.0 Å². The Bertz CT molecular complexity index is 2120. The molecule has 304 valence electrons. The fourth-order valence-electron chi connectivity index (χ4n) is 7.79. The monoisotopic (exact) mass is 822 g/mol. The average molecular weight is 823 g/mol. The Balaban J connectivity index is 1.12. The zero-order valence-electron chi connectivity index (χ0n) is 31.5. The number of nitrogens with zero attached hydrogens (tertiary/aromatic N) is 5. The zero-order chi connectivity index (χ0) is 39.7. The fraction of sp³-hybridized carbons (Fsp3) is 0.553. The van der Waals surface area contributed by atoms with Gasteiger partial charge in [-0.05, 0) is 62.8 Å². The van der Waals surface area contributed by atoms with Crippen molar-refractivity contribution in [3.8, 4) is 27.7 Å². The van der Waals surface area contributed by atoms with Crippen molar-refractivity contribution >= 4 is 45.2 Å². The van der Waals surface area contributed by atoms with Gasteiger partial charge in [0.05, 0.1) is 31.6 Å². The molecular weight excluding hydrogens is 777 g/mol. The Morgan fingerprint density at radius 1 is 1.05 bits per heavy atom. The second-order valence-electron chi connectivity index (χ2n) is 15.3. The number of amides is 4. The molecule has 0 radical (unpaired) electrons. The second kappa shape index (κ2) is 16.2. The third-order valence-electron chi connectivity index (χ3n) is 11.3. The second-order valence-corrected chi connectivity index (χ2v) is 18.1.